The number of pyridine rings is 1. The number of nitrogens with one attached hydrogen (secondary N) is 1. The summed E-state index contributed by atoms with van der Waals surface area (Å²) < 4.78 is 0.877. The van der Waals surface area contributed by atoms with Crippen molar-refractivity contribution in [1.29, 1.82) is 0 Å². The fourth-order valence-corrected chi connectivity index (χ4v) is 2.06. The van der Waals surface area contributed by atoms with Crippen LogP contribution in [0.4, 0.5) is 0 Å². The monoisotopic (exact) mass is 298 g/mol. The minimum Gasteiger partial charge on any atom is -0.345 e. The van der Waals surface area contributed by atoms with E-state index in [0.29, 0.717) is 5.69 Å². The third-order valence-electron chi connectivity index (χ3n) is 3.37. The second-order valence-corrected chi connectivity index (χ2v) is 5.07. The third kappa shape index (κ3) is 3.53. The molecule has 94 valence electrons. The lowest BCUT2D eigenvalue weighted by Crippen LogP contribution is -2.47. The van der Waals surface area contributed by atoms with E-state index >= 15 is 0 Å². The quantitative estimate of drug-likeness (QED) is 0.903. The number of carbonyl (C=O) groups excluding carboxylic acids is 1. The van der Waals surface area contributed by atoms with Gasteiger partial charge in [0.25, 0.3) is 5.91 Å². The third-order valence-corrected chi connectivity index (χ3v) is 3.84. The maximum Gasteiger partial charge on any atom is 0.270 e. The predicted octanol–water partition coefficient (Wildman–Crippen LogP) is 3.54. The van der Waals surface area contributed by atoms with Crippen molar-refractivity contribution in [3.63, 3.8) is 0 Å². The van der Waals surface area contributed by atoms with Crippen LogP contribution in [-0.2, 0) is 0 Å². The van der Waals surface area contributed by atoms with Gasteiger partial charge in [0.15, 0.2) is 0 Å². The van der Waals surface area contributed by atoms with E-state index in [1.807, 2.05) is 6.07 Å². The molecule has 4 heteroatoms. The number of hydrogen-bond acceptors (Lipinski definition) is 2. The average Bonchev–Trinajstić information content (AvgIpc) is 2.37. The number of carbonyl (C=O) groups is 1. The minimum absolute atomic E-state index is 0.0944. The summed E-state index contributed by atoms with van der Waals surface area (Å²) in [6.07, 6.45) is 4.44. The zero-order chi connectivity index (χ0) is 12.9. The largest absolute Gasteiger partial charge is 0.345 e. The zero-order valence-electron chi connectivity index (χ0n) is 10.6. The molecule has 1 aromatic rings. The molecule has 0 unspecified atom stereocenters. The molecule has 0 fully saturated rings. The van der Waals surface area contributed by atoms with E-state index in [2.05, 4.69) is 47.0 Å². The van der Waals surface area contributed by atoms with Crippen LogP contribution in [0.2, 0.25) is 0 Å². The fourth-order valence-electron chi connectivity index (χ4n) is 1.83. The van der Waals surface area contributed by atoms with Gasteiger partial charge >= 0.3 is 0 Å². The van der Waals surface area contributed by atoms with Crippen molar-refractivity contribution in [2.24, 2.45) is 0 Å². The Bertz CT molecular complexity index is 363. The van der Waals surface area contributed by atoms with E-state index in [1.165, 1.54) is 0 Å². The van der Waals surface area contributed by atoms with Gasteiger partial charge in [-0.15, -0.1) is 0 Å². The van der Waals surface area contributed by atoms with Crippen molar-refractivity contribution in [3.05, 3.63) is 28.5 Å². The Morgan fingerprint density at radius 2 is 1.88 bits per heavy atom. The van der Waals surface area contributed by atoms with E-state index in [0.717, 1.165) is 23.7 Å². The lowest BCUT2D eigenvalue weighted by atomic mass is 9.89. The highest BCUT2D eigenvalue weighted by molar-refractivity contribution is 9.10. The molecule has 1 N–H and O–H groups in total. The molecular formula is C13H19BrN2O. The normalized spacial score (nSPS) is 11.3. The predicted molar refractivity (Wildman–Crippen MR) is 73.0 cm³/mol. The van der Waals surface area contributed by atoms with Gasteiger partial charge in [-0.1, -0.05) is 20.8 Å². The zero-order valence-corrected chi connectivity index (χ0v) is 12.2. The molecule has 0 bridgehead atoms. The molecule has 0 aliphatic carbocycles. The number of rotatable bonds is 5. The highest BCUT2D eigenvalue weighted by Gasteiger charge is 2.26. The molecule has 0 aliphatic heterocycles. The minimum atomic E-state index is -0.105. The maximum absolute atomic E-state index is 12.1. The first-order chi connectivity index (χ1) is 8.06. The molecule has 1 amide bonds. The first-order valence-electron chi connectivity index (χ1n) is 6.01. The Morgan fingerprint density at radius 3 is 2.29 bits per heavy atom. The molecule has 0 spiro atoms. The fraction of sp³-hybridized carbons (Fsp3) is 0.538. The molecule has 17 heavy (non-hydrogen) atoms. The van der Waals surface area contributed by atoms with Gasteiger partial charge < -0.3 is 5.32 Å². The van der Waals surface area contributed by atoms with Crippen molar-refractivity contribution in [2.45, 2.75) is 45.6 Å². The summed E-state index contributed by atoms with van der Waals surface area (Å²) in [6, 6.07) is 3.55. The molecule has 3 nitrogen and oxygen atoms in total. The van der Waals surface area contributed by atoms with Crippen molar-refractivity contribution in [2.75, 3.05) is 0 Å². The van der Waals surface area contributed by atoms with Crippen molar-refractivity contribution < 1.29 is 4.79 Å². The summed E-state index contributed by atoms with van der Waals surface area (Å²) in [7, 11) is 0. The van der Waals surface area contributed by atoms with Crippen LogP contribution < -0.4 is 5.32 Å². The summed E-state index contributed by atoms with van der Waals surface area (Å²) in [5.74, 6) is -0.0944. The Balaban J connectivity index is 2.81. The number of hydrogen-bond donors (Lipinski definition) is 1. The van der Waals surface area contributed by atoms with Gasteiger partial charge in [0.05, 0.1) is 0 Å². The van der Waals surface area contributed by atoms with Crippen LogP contribution in [0.1, 0.15) is 50.5 Å². The molecule has 0 aliphatic rings. The van der Waals surface area contributed by atoms with E-state index < -0.39 is 0 Å². The number of halogens is 1. The standard InChI is InChI=1S/C13H19BrN2O/c1-4-13(5-2,6-3)16-12(17)11-8-7-10(14)9-15-11/h7-9H,4-6H2,1-3H3,(H,16,17). The van der Waals surface area contributed by atoms with Gasteiger partial charge in [0, 0.05) is 16.2 Å². The molecule has 0 radical (unpaired) electrons. The second kappa shape index (κ2) is 6.15. The van der Waals surface area contributed by atoms with Gasteiger partial charge in [0.2, 0.25) is 0 Å². The molecule has 0 saturated heterocycles. The van der Waals surface area contributed by atoms with E-state index in [1.54, 1.807) is 12.3 Å². The Labute approximate surface area is 111 Å². The highest BCUT2D eigenvalue weighted by Crippen LogP contribution is 2.20. The van der Waals surface area contributed by atoms with Crippen LogP contribution in [0.3, 0.4) is 0 Å². The van der Waals surface area contributed by atoms with Crippen molar-refractivity contribution in [3.8, 4) is 0 Å². The van der Waals surface area contributed by atoms with Gasteiger partial charge in [0.1, 0.15) is 5.69 Å². The second-order valence-electron chi connectivity index (χ2n) is 4.16. The van der Waals surface area contributed by atoms with Crippen LogP contribution in [0.25, 0.3) is 0 Å². The van der Waals surface area contributed by atoms with Crippen LogP contribution in [0.5, 0.6) is 0 Å². The van der Waals surface area contributed by atoms with Gasteiger partial charge in [-0.25, -0.2) is 4.98 Å². The summed E-state index contributed by atoms with van der Waals surface area (Å²) in [6.45, 7) is 6.30. The SMILES string of the molecule is CCC(CC)(CC)NC(=O)c1ccc(Br)cn1. The Morgan fingerprint density at radius 1 is 1.29 bits per heavy atom. The molecule has 0 saturated carbocycles. The molecule has 0 atom stereocenters. The van der Waals surface area contributed by atoms with E-state index in [9.17, 15) is 4.79 Å². The number of nitrogens with zero attached hydrogens (tertiary/aromatic N) is 1. The van der Waals surface area contributed by atoms with Crippen molar-refractivity contribution >= 4 is 21.8 Å². The lowest BCUT2D eigenvalue weighted by Gasteiger charge is -2.31. The summed E-state index contributed by atoms with van der Waals surface area (Å²) in [5.41, 5.74) is 0.360. The van der Waals surface area contributed by atoms with E-state index in [-0.39, 0.29) is 11.4 Å². The van der Waals surface area contributed by atoms with E-state index in [4.69, 9.17) is 0 Å². The lowest BCUT2D eigenvalue weighted by molar-refractivity contribution is 0.0883. The van der Waals surface area contributed by atoms with Gasteiger partial charge in [-0.05, 0) is 47.3 Å². The summed E-state index contributed by atoms with van der Waals surface area (Å²) in [4.78, 5) is 16.2. The number of amides is 1. The topological polar surface area (TPSA) is 42.0 Å². The molecule has 1 aromatic heterocycles. The number of aromatic nitrogens is 1. The Kier molecular flexibility index (Phi) is 5.12. The Hall–Kier alpha value is -0.900. The molecular weight excluding hydrogens is 280 g/mol. The molecule has 1 rings (SSSR count). The molecule has 1 heterocycles. The maximum atomic E-state index is 12.1. The first-order valence-corrected chi connectivity index (χ1v) is 6.80. The van der Waals surface area contributed by atoms with Crippen LogP contribution in [0, 0.1) is 0 Å². The summed E-state index contributed by atoms with van der Waals surface area (Å²) >= 11 is 3.30. The van der Waals surface area contributed by atoms with Gasteiger partial charge in [-0.3, -0.25) is 4.79 Å². The first kappa shape index (κ1) is 14.2. The van der Waals surface area contributed by atoms with Crippen LogP contribution >= 0.6 is 15.9 Å². The van der Waals surface area contributed by atoms with Gasteiger partial charge in [-0.2, -0.15) is 0 Å². The van der Waals surface area contributed by atoms with Crippen LogP contribution in [0.15, 0.2) is 22.8 Å². The van der Waals surface area contributed by atoms with Crippen LogP contribution in [-0.4, -0.2) is 16.4 Å². The highest BCUT2D eigenvalue weighted by atomic mass is 79.9. The molecule has 0 aromatic carbocycles. The summed E-state index contributed by atoms with van der Waals surface area (Å²) in [5, 5.41) is 3.10. The smallest absolute Gasteiger partial charge is 0.270 e. The van der Waals surface area contributed by atoms with Crippen molar-refractivity contribution in [1.82, 2.24) is 10.3 Å². The average molecular weight is 299 g/mol.